The minimum absolute atomic E-state index is 0.0726. The fourth-order valence-corrected chi connectivity index (χ4v) is 4.99. The quantitative estimate of drug-likeness (QED) is 0.347. The third-order valence-corrected chi connectivity index (χ3v) is 6.44. The number of pyridine rings is 1. The number of aryl methyl sites for hydroxylation is 1. The summed E-state index contributed by atoms with van der Waals surface area (Å²) in [7, 11) is 0. The third kappa shape index (κ3) is 3.32. The van der Waals surface area contributed by atoms with Crippen molar-refractivity contribution < 1.29 is 14.5 Å². The first-order chi connectivity index (χ1) is 13.9. The molecule has 9 heteroatoms. The van der Waals surface area contributed by atoms with E-state index in [0.29, 0.717) is 26.3 Å². The number of esters is 1. The van der Waals surface area contributed by atoms with Crippen molar-refractivity contribution in [2.45, 2.75) is 32.6 Å². The Balaban J connectivity index is 2.05. The molecule has 0 radical (unpaired) electrons. The lowest BCUT2D eigenvalue weighted by atomic mass is 9.87. The summed E-state index contributed by atoms with van der Waals surface area (Å²) in [6.07, 6.45) is 3.64. The van der Waals surface area contributed by atoms with Crippen molar-refractivity contribution in [3.05, 3.63) is 49.5 Å². The van der Waals surface area contributed by atoms with Gasteiger partial charge in [-0.15, -0.1) is 11.3 Å². The Labute approximate surface area is 175 Å². The summed E-state index contributed by atoms with van der Waals surface area (Å²) < 4.78 is 5.13. The molecule has 0 spiro atoms. The molecule has 0 atom stereocenters. The Morgan fingerprint density at radius 1 is 1.38 bits per heavy atom. The normalized spacial score (nSPS) is 13.3. The number of hydrogen-bond donors (Lipinski definition) is 1. The Hall–Kier alpha value is -2.71. The van der Waals surface area contributed by atoms with E-state index in [1.165, 1.54) is 23.5 Å². The first-order valence-corrected chi connectivity index (χ1v) is 10.5. The van der Waals surface area contributed by atoms with Gasteiger partial charge in [0, 0.05) is 17.1 Å². The topological polar surface area (TPSA) is 108 Å². The molecule has 2 aromatic heterocycles. The molecule has 0 aliphatic heterocycles. The van der Waals surface area contributed by atoms with E-state index >= 15 is 0 Å². The zero-order valence-corrected chi connectivity index (χ0v) is 17.2. The molecule has 0 saturated heterocycles. The molecule has 1 aliphatic rings. The lowest BCUT2D eigenvalue weighted by Crippen LogP contribution is -2.08. The highest BCUT2D eigenvalue weighted by Crippen LogP contribution is 2.45. The molecule has 2 heterocycles. The molecule has 29 heavy (non-hydrogen) atoms. The Bertz CT molecular complexity index is 1160. The van der Waals surface area contributed by atoms with E-state index in [2.05, 4.69) is 0 Å². The van der Waals surface area contributed by atoms with Gasteiger partial charge >= 0.3 is 5.97 Å². The molecule has 0 unspecified atom stereocenters. The molecule has 7 nitrogen and oxygen atoms in total. The van der Waals surface area contributed by atoms with Crippen LogP contribution in [0.1, 0.15) is 40.7 Å². The second-order valence-corrected chi connectivity index (χ2v) is 8.19. The SMILES string of the molecule is CCOC(=O)c1sc2nc3c(c(-c4ccc(Cl)c([N+](=O)[O-])c4)c2c1N)CCCC3. The van der Waals surface area contributed by atoms with E-state index in [-0.39, 0.29) is 17.3 Å². The van der Waals surface area contributed by atoms with E-state index in [0.717, 1.165) is 42.5 Å². The van der Waals surface area contributed by atoms with Crippen LogP contribution in [0.5, 0.6) is 0 Å². The van der Waals surface area contributed by atoms with Gasteiger partial charge in [0.1, 0.15) is 14.7 Å². The largest absolute Gasteiger partial charge is 0.462 e. The lowest BCUT2D eigenvalue weighted by molar-refractivity contribution is -0.384. The molecule has 2 N–H and O–H groups in total. The van der Waals surface area contributed by atoms with Crippen LogP contribution in [0.25, 0.3) is 21.3 Å². The van der Waals surface area contributed by atoms with Crippen molar-refractivity contribution in [2.24, 2.45) is 0 Å². The highest BCUT2D eigenvalue weighted by atomic mass is 35.5. The molecule has 1 aromatic carbocycles. The second-order valence-electron chi connectivity index (χ2n) is 6.79. The molecule has 0 bridgehead atoms. The lowest BCUT2D eigenvalue weighted by Gasteiger charge is -2.20. The van der Waals surface area contributed by atoms with Gasteiger partial charge < -0.3 is 10.5 Å². The van der Waals surface area contributed by atoms with Gasteiger partial charge in [0.2, 0.25) is 0 Å². The summed E-state index contributed by atoms with van der Waals surface area (Å²) in [6.45, 7) is 1.98. The number of nitro benzene ring substituents is 1. The van der Waals surface area contributed by atoms with Crippen LogP contribution < -0.4 is 5.73 Å². The molecular formula is C20H18ClN3O4S. The summed E-state index contributed by atoms with van der Waals surface area (Å²) in [5.74, 6) is -0.487. The number of carbonyl (C=O) groups excluding carboxylic acids is 1. The molecule has 0 amide bonds. The molecule has 1 aliphatic carbocycles. The third-order valence-electron chi connectivity index (χ3n) is 5.05. The van der Waals surface area contributed by atoms with E-state index < -0.39 is 10.9 Å². The number of nitrogen functional groups attached to an aromatic ring is 1. The Morgan fingerprint density at radius 2 is 2.14 bits per heavy atom. The van der Waals surface area contributed by atoms with Crippen LogP contribution in [0.4, 0.5) is 11.4 Å². The number of fused-ring (bicyclic) bond motifs is 2. The number of nitro groups is 1. The second kappa shape index (κ2) is 7.61. The standard InChI is InChI=1S/C20H18ClN3O4S/c1-2-28-20(25)18-17(22)16-15(10-7-8-12(21)14(9-10)24(26)27)11-5-3-4-6-13(11)23-19(16)29-18/h7-9H,2-6,22H2,1H3. The van der Waals surface area contributed by atoms with Crippen LogP contribution in [0, 0.1) is 10.1 Å². The molecular weight excluding hydrogens is 414 g/mol. The van der Waals surface area contributed by atoms with Gasteiger partial charge in [0.25, 0.3) is 5.69 Å². The summed E-state index contributed by atoms with van der Waals surface area (Å²) in [6, 6.07) is 4.73. The molecule has 0 saturated carbocycles. The number of anilines is 1. The van der Waals surface area contributed by atoms with Gasteiger partial charge in [-0.3, -0.25) is 10.1 Å². The fourth-order valence-electron chi connectivity index (χ4n) is 3.78. The van der Waals surface area contributed by atoms with Crippen molar-refractivity contribution in [3.63, 3.8) is 0 Å². The summed E-state index contributed by atoms with van der Waals surface area (Å²) >= 11 is 7.21. The maximum atomic E-state index is 12.4. The van der Waals surface area contributed by atoms with Crippen LogP contribution in [0.3, 0.4) is 0 Å². The summed E-state index contributed by atoms with van der Waals surface area (Å²) in [5, 5.41) is 12.1. The number of nitrogens with two attached hydrogens (primary N) is 1. The van der Waals surface area contributed by atoms with Gasteiger partial charge in [-0.2, -0.15) is 0 Å². The number of aromatic nitrogens is 1. The van der Waals surface area contributed by atoms with E-state index in [9.17, 15) is 14.9 Å². The van der Waals surface area contributed by atoms with Crippen LogP contribution in [0.2, 0.25) is 5.02 Å². The van der Waals surface area contributed by atoms with Gasteiger partial charge in [0.05, 0.1) is 17.2 Å². The smallest absolute Gasteiger partial charge is 0.350 e. The van der Waals surface area contributed by atoms with Crippen LogP contribution in [-0.2, 0) is 17.6 Å². The number of nitrogens with zero attached hydrogens (tertiary/aromatic N) is 2. The Kier molecular flexibility index (Phi) is 5.14. The van der Waals surface area contributed by atoms with Crippen molar-refractivity contribution in [2.75, 3.05) is 12.3 Å². The maximum absolute atomic E-state index is 12.4. The number of halogens is 1. The van der Waals surface area contributed by atoms with Gasteiger partial charge in [-0.25, -0.2) is 9.78 Å². The van der Waals surface area contributed by atoms with Crippen LogP contribution in [0.15, 0.2) is 18.2 Å². The van der Waals surface area contributed by atoms with E-state index in [1.807, 2.05) is 0 Å². The van der Waals surface area contributed by atoms with Crippen molar-refractivity contribution in [3.8, 4) is 11.1 Å². The number of carbonyl (C=O) groups is 1. The first-order valence-electron chi connectivity index (χ1n) is 9.27. The highest BCUT2D eigenvalue weighted by Gasteiger charge is 2.27. The number of benzene rings is 1. The van der Waals surface area contributed by atoms with Crippen molar-refractivity contribution in [1.29, 1.82) is 0 Å². The number of rotatable bonds is 4. The monoisotopic (exact) mass is 431 g/mol. The van der Waals surface area contributed by atoms with E-state index in [4.69, 9.17) is 27.1 Å². The Morgan fingerprint density at radius 3 is 2.86 bits per heavy atom. The summed E-state index contributed by atoms with van der Waals surface area (Å²) in [4.78, 5) is 29.0. The first kappa shape index (κ1) is 19.6. The van der Waals surface area contributed by atoms with Gasteiger partial charge in [-0.05, 0) is 55.4 Å². The number of ether oxygens (including phenoxy) is 1. The minimum Gasteiger partial charge on any atom is -0.462 e. The van der Waals surface area contributed by atoms with Crippen molar-refractivity contribution >= 4 is 50.5 Å². The maximum Gasteiger partial charge on any atom is 0.350 e. The fraction of sp³-hybridized carbons (Fsp3) is 0.300. The van der Waals surface area contributed by atoms with E-state index in [1.54, 1.807) is 13.0 Å². The summed E-state index contributed by atoms with van der Waals surface area (Å²) in [5.41, 5.74) is 9.94. The average molecular weight is 432 g/mol. The molecule has 3 aromatic rings. The predicted octanol–water partition coefficient (Wildman–Crippen LogP) is 5.16. The van der Waals surface area contributed by atoms with Crippen LogP contribution in [-0.4, -0.2) is 22.5 Å². The van der Waals surface area contributed by atoms with Crippen molar-refractivity contribution in [1.82, 2.24) is 4.98 Å². The molecule has 4 rings (SSSR count). The predicted molar refractivity (Wildman–Crippen MR) is 114 cm³/mol. The van der Waals surface area contributed by atoms with Gasteiger partial charge in [0.15, 0.2) is 0 Å². The van der Waals surface area contributed by atoms with Crippen LogP contribution >= 0.6 is 22.9 Å². The molecule has 150 valence electrons. The number of thiophene rings is 1. The zero-order valence-electron chi connectivity index (χ0n) is 15.7. The highest BCUT2D eigenvalue weighted by molar-refractivity contribution is 7.21. The number of hydrogen-bond acceptors (Lipinski definition) is 7. The average Bonchev–Trinajstić information content (AvgIpc) is 3.03. The zero-order chi connectivity index (χ0) is 20.7. The molecule has 0 fully saturated rings. The van der Waals surface area contributed by atoms with Gasteiger partial charge in [-0.1, -0.05) is 17.7 Å². The minimum atomic E-state index is -0.502.